The fraction of sp³-hybridized carbons (Fsp3) is 0.280. The zero-order valence-corrected chi connectivity index (χ0v) is 20.8. The molecule has 0 unspecified atom stereocenters. The van der Waals surface area contributed by atoms with Crippen LogP contribution in [0.3, 0.4) is 0 Å². The van der Waals surface area contributed by atoms with Crippen LogP contribution in [-0.4, -0.2) is 45.7 Å². The van der Waals surface area contributed by atoms with E-state index in [1.807, 2.05) is 60.8 Å². The maximum absolute atomic E-state index is 6.19. The van der Waals surface area contributed by atoms with Crippen LogP contribution in [0.15, 0.2) is 48.5 Å². The van der Waals surface area contributed by atoms with Crippen LogP contribution in [0.2, 0.25) is 15.1 Å². The highest BCUT2D eigenvalue weighted by Crippen LogP contribution is 2.31. The number of aromatic nitrogens is 3. The van der Waals surface area contributed by atoms with E-state index in [2.05, 4.69) is 15.9 Å². The van der Waals surface area contributed by atoms with Crippen LogP contribution in [0, 0.1) is 13.8 Å². The minimum Gasteiger partial charge on any atom is -0.354 e. The first-order chi connectivity index (χ1) is 15.9. The first kappa shape index (κ1) is 22.5. The number of benzene rings is 2. The Morgan fingerprint density at radius 2 is 1.58 bits per heavy atom. The molecule has 0 bridgehead atoms. The molecule has 1 aliphatic rings. The molecule has 0 spiro atoms. The Bertz CT molecular complexity index is 1310. The van der Waals surface area contributed by atoms with Crippen LogP contribution < -0.4 is 4.90 Å². The Balaban J connectivity index is 1.40. The van der Waals surface area contributed by atoms with Crippen molar-refractivity contribution in [2.45, 2.75) is 20.4 Å². The maximum Gasteiger partial charge on any atom is 0.165 e. The molecule has 4 aromatic rings. The van der Waals surface area contributed by atoms with E-state index < -0.39 is 0 Å². The molecule has 3 heterocycles. The number of aryl methyl sites for hydroxylation is 2. The third kappa shape index (κ3) is 4.56. The Kier molecular flexibility index (Phi) is 6.23. The summed E-state index contributed by atoms with van der Waals surface area (Å²) in [6.07, 6.45) is 0. The molecular weight excluding hydrogens is 477 g/mol. The van der Waals surface area contributed by atoms with E-state index in [1.54, 1.807) is 0 Å². The first-order valence-electron chi connectivity index (χ1n) is 10.9. The number of fused-ring (bicyclic) bond motifs is 1. The lowest BCUT2D eigenvalue weighted by Crippen LogP contribution is -2.46. The minimum absolute atomic E-state index is 0.592. The monoisotopic (exact) mass is 499 g/mol. The zero-order chi connectivity index (χ0) is 23.1. The summed E-state index contributed by atoms with van der Waals surface area (Å²) in [5, 5.41) is 6.79. The first-order valence-corrected chi connectivity index (χ1v) is 12.1. The zero-order valence-electron chi connectivity index (χ0n) is 18.5. The van der Waals surface area contributed by atoms with Crippen LogP contribution >= 0.6 is 34.8 Å². The molecule has 170 valence electrons. The maximum atomic E-state index is 6.19. The number of nitrogens with zero attached hydrogens (tertiary/aromatic N) is 5. The van der Waals surface area contributed by atoms with Crippen molar-refractivity contribution >= 4 is 46.3 Å². The minimum atomic E-state index is 0.592. The Morgan fingerprint density at radius 1 is 0.848 bits per heavy atom. The molecule has 2 aromatic heterocycles. The lowest BCUT2D eigenvalue weighted by atomic mass is 10.1. The van der Waals surface area contributed by atoms with E-state index in [0.29, 0.717) is 10.0 Å². The second-order valence-corrected chi connectivity index (χ2v) is 9.72. The van der Waals surface area contributed by atoms with Crippen molar-refractivity contribution < 1.29 is 0 Å². The van der Waals surface area contributed by atoms with Gasteiger partial charge in [0.2, 0.25) is 0 Å². The molecule has 5 nitrogen and oxygen atoms in total. The standard InChI is InChI=1S/C25H24Cl3N5/c1-16-13-23(32-11-9-31(10-12-32)15-18-3-8-21(27)22(28)14-18)33-25(29-16)24(17(2)30-33)19-4-6-20(26)7-5-19/h3-8,13-14H,9-12,15H2,1-2H3. The molecule has 1 fully saturated rings. The van der Waals surface area contributed by atoms with Gasteiger partial charge in [-0.2, -0.15) is 9.61 Å². The van der Waals surface area contributed by atoms with E-state index in [4.69, 9.17) is 44.9 Å². The molecule has 0 aliphatic carbocycles. The van der Waals surface area contributed by atoms with Crippen molar-refractivity contribution in [1.82, 2.24) is 19.5 Å². The van der Waals surface area contributed by atoms with E-state index in [0.717, 1.165) is 71.7 Å². The van der Waals surface area contributed by atoms with Gasteiger partial charge in [-0.05, 0) is 49.2 Å². The fourth-order valence-electron chi connectivity index (χ4n) is 4.44. The van der Waals surface area contributed by atoms with E-state index in [1.165, 1.54) is 5.56 Å². The van der Waals surface area contributed by atoms with E-state index >= 15 is 0 Å². The molecule has 0 saturated carbocycles. The quantitative estimate of drug-likeness (QED) is 0.330. The van der Waals surface area contributed by atoms with Gasteiger partial charge < -0.3 is 4.90 Å². The second kappa shape index (κ2) is 9.15. The summed E-state index contributed by atoms with van der Waals surface area (Å²) in [6, 6.07) is 15.9. The van der Waals surface area contributed by atoms with Gasteiger partial charge in [0, 0.05) is 55.1 Å². The molecule has 0 amide bonds. The summed E-state index contributed by atoms with van der Waals surface area (Å²) >= 11 is 18.3. The van der Waals surface area contributed by atoms with Crippen LogP contribution in [0.25, 0.3) is 16.8 Å². The van der Waals surface area contributed by atoms with Crippen molar-refractivity contribution in [1.29, 1.82) is 0 Å². The van der Waals surface area contributed by atoms with E-state index in [9.17, 15) is 0 Å². The number of rotatable bonds is 4. The third-order valence-electron chi connectivity index (χ3n) is 6.09. The molecular formula is C25H24Cl3N5. The highest BCUT2D eigenvalue weighted by molar-refractivity contribution is 6.42. The van der Waals surface area contributed by atoms with Crippen molar-refractivity contribution in [2.24, 2.45) is 0 Å². The van der Waals surface area contributed by atoms with Crippen LogP contribution in [-0.2, 0) is 6.54 Å². The van der Waals surface area contributed by atoms with Gasteiger partial charge in [0.25, 0.3) is 0 Å². The Hall–Kier alpha value is -2.31. The number of anilines is 1. The molecule has 0 radical (unpaired) electrons. The molecule has 8 heteroatoms. The largest absolute Gasteiger partial charge is 0.354 e. The van der Waals surface area contributed by atoms with E-state index in [-0.39, 0.29) is 0 Å². The Morgan fingerprint density at radius 3 is 2.27 bits per heavy atom. The third-order valence-corrected chi connectivity index (χ3v) is 7.08. The molecule has 1 aliphatic heterocycles. The predicted molar refractivity (Wildman–Crippen MR) is 137 cm³/mol. The highest BCUT2D eigenvalue weighted by atomic mass is 35.5. The molecule has 33 heavy (non-hydrogen) atoms. The smallest absolute Gasteiger partial charge is 0.165 e. The average Bonchev–Trinajstić information content (AvgIpc) is 3.12. The van der Waals surface area contributed by atoms with Crippen LogP contribution in [0.1, 0.15) is 17.0 Å². The summed E-state index contributed by atoms with van der Waals surface area (Å²) in [5.74, 6) is 1.08. The molecule has 2 aromatic carbocycles. The van der Waals surface area contributed by atoms with Crippen molar-refractivity contribution in [2.75, 3.05) is 31.1 Å². The number of hydrogen-bond acceptors (Lipinski definition) is 4. The Labute approximate surface area is 208 Å². The molecule has 5 rings (SSSR count). The highest BCUT2D eigenvalue weighted by Gasteiger charge is 2.23. The summed E-state index contributed by atoms with van der Waals surface area (Å²) in [4.78, 5) is 9.68. The molecule has 1 saturated heterocycles. The van der Waals surface area contributed by atoms with Gasteiger partial charge in [0.05, 0.1) is 15.7 Å². The van der Waals surface area contributed by atoms with Gasteiger partial charge in [-0.15, -0.1) is 0 Å². The number of halogens is 3. The van der Waals surface area contributed by atoms with Gasteiger partial charge in [-0.25, -0.2) is 4.98 Å². The lowest BCUT2D eigenvalue weighted by molar-refractivity contribution is 0.249. The second-order valence-electron chi connectivity index (χ2n) is 8.47. The number of hydrogen-bond donors (Lipinski definition) is 0. The fourth-order valence-corrected chi connectivity index (χ4v) is 4.88. The van der Waals surface area contributed by atoms with Crippen molar-refractivity contribution in [3.8, 4) is 11.1 Å². The lowest BCUT2D eigenvalue weighted by Gasteiger charge is -2.36. The average molecular weight is 501 g/mol. The van der Waals surface area contributed by atoms with Gasteiger partial charge in [0.1, 0.15) is 5.82 Å². The van der Waals surface area contributed by atoms with Crippen molar-refractivity contribution in [3.05, 3.63) is 80.6 Å². The van der Waals surface area contributed by atoms with Gasteiger partial charge in [0.15, 0.2) is 5.65 Å². The SMILES string of the molecule is Cc1cc(N2CCN(Cc3ccc(Cl)c(Cl)c3)CC2)n2nc(C)c(-c3ccc(Cl)cc3)c2n1. The molecule has 0 N–H and O–H groups in total. The van der Waals surface area contributed by atoms with Crippen molar-refractivity contribution in [3.63, 3.8) is 0 Å². The predicted octanol–water partition coefficient (Wildman–Crippen LogP) is 6.30. The number of piperazine rings is 1. The summed E-state index contributed by atoms with van der Waals surface area (Å²) < 4.78 is 1.99. The van der Waals surface area contributed by atoms with Crippen LogP contribution in [0.4, 0.5) is 5.82 Å². The summed E-state index contributed by atoms with van der Waals surface area (Å²) in [6.45, 7) is 8.66. The summed E-state index contributed by atoms with van der Waals surface area (Å²) in [7, 11) is 0. The van der Waals surface area contributed by atoms with Gasteiger partial charge in [-0.3, -0.25) is 4.90 Å². The molecule has 0 atom stereocenters. The van der Waals surface area contributed by atoms with Gasteiger partial charge in [-0.1, -0.05) is 53.0 Å². The topological polar surface area (TPSA) is 36.7 Å². The normalized spacial score (nSPS) is 14.9. The van der Waals surface area contributed by atoms with Gasteiger partial charge >= 0.3 is 0 Å². The summed E-state index contributed by atoms with van der Waals surface area (Å²) in [5.41, 5.74) is 6.11. The van der Waals surface area contributed by atoms with Crippen LogP contribution in [0.5, 0.6) is 0 Å².